The van der Waals surface area contributed by atoms with Crippen molar-refractivity contribution < 1.29 is 9.28 Å². The number of aryl methyl sites for hydroxylation is 2. The van der Waals surface area contributed by atoms with Gasteiger partial charge >= 0.3 is 0 Å². The van der Waals surface area contributed by atoms with E-state index in [0.717, 1.165) is 60.2 Å². The molecule has 2 atom stereocenters. The maximum absolute atomic E-state index is 13.1. The Morgan fingerprint density at radius 2 is 2.04 bits per heavy atom. The number of amides is 1. The summed E-state index contributed by atoms with van der Waals surface area (Å²) in [5.74, 6) is 0.178. The Balaban J connectivity index is 2.25. The molecule has 3 heteroatoms. The molecule has 1 amide bonds. The first kappa shape index (κ1) is 17.7. The van der Waals surface area contributed by atoms with Crippen LogP contribution in [0.25, 0.3) is 0 Å². The summed E-state index contributed by atoms with van der Waals surface area (Å²) in [6.07, 6.45) is 6.42. The van der Waals surface area contributed by atoms with Crippen molar-refractivity contribution in [1.29, 1.82) is 0 Å². The Kier molecular flexibility index (Phi) is 6.00. The zero-order chi connectivity index (χ0) is 16.9. The van der Waals surface area contributed by atoms with Crippen LogP contribution in [0.3, 0.4) is 0 Å². The molecule has 0 bridgehead atoms. The Morgan fingerprint density at radius 3 is 2.65 bits per heavy atom. The van der Waals surface area contributed by atoms with Gasteiger partial charge in [-0.25, -0.2) is 0 Å². The van der Waals surface area contributed by atoms with Crippen LogP contribution >= 0.6 is 0 Å². The van der Waals surface area contributed by atoms with Gasteiger partial charge in [0.05, 0.1) is 19.6 Å². The number of hydrogen-bond acceptors (Lipinski definition) is 1. The number of likely N-dealkylation sites (tertiary alicyclic amines) is 1. The van der Waals surface area contributed by atoms with E-state index in [1.165, 1.54) is 6.42 Å². The van der Waals surface area contributed by atoms with Gasteiger partial charge in [0.1, 0.15) is 0 Å². The minimum atomic E-state index is 0.0423. The molecule has 1 N–H and O–H groups in total. The number of carbonyl (C=O) groups is 1. The Labute approximate surface area is 141 Å². The van der Waals surface area contributed by atoms with Gasteiger partial charge in [0.2, 0.25) is 0 Å². The topological polar surface area (TPSA) is 29.1 Å². The summed E-state index contributed by atoms with van der Waals surface area (Å²) in [5, 5.41) is 3.23. The molecule has 1 saturated heterocycles. The number of quaternary nitrogens is 1. The van der Waals surface area contributed by atoms with Crippen LogP contribution in [0, 0.1) is 13.8 Å². The van der Waals surface area contributed by atoms with E-state index in [1.807, 2.05) is 12.1 Å². The van der Waals surface area contributed by atoms with Crippen LogP contribution in [0.5, 0.6) is 0 Å². The van der Waals surface area contributed by atoms with Gasteiger partial charge in [-0.05, 0) is 50.3 Å². The van der Waals surface area contributed by atoms with Crippen LogP contribution < -0.4 is 5.32 Å². The highest BCUT2D eigenvalue weighted by molar-refractivity contribution is 5.95. The van der Waals surface area contributed by atoms with Gasteiger partial charge in [-0.15, -0.1) is 0 Å². The van der Waals surface area contributed by atoms with E-state index in [9.17, 15) is 4.79 Å². The first-order chi connectivity index (χ1) is 11.0. The van der Waals surface area contributed by atoms with Crippen LogP contribution in [-0.4, -0.2) is 36.1 Å². The van der Waals surface area contributed by atoms with Crippen molar-refractivity contribution in [3.8, 4) is 0 Å². The monoisotopic (exact) mass is 315 g/mol. The van der Waals surface area contributed by atoms with Crippen LogP contribution in [0.15, 0.2) is 30.9 Å². The number of hydrogen-bond donors (Lipinski definition) is 1. The molecule has 0 aromatic heterocycles. The number of carbonyl (C=O) groups excluding carboxylic acids is 1. The Hall–Kier alpha value is -1.61. The molecule has 0 radical (unpaired) electrons. The second kappa shape index (κ2) is 7.78. The third kappa shape index (κ3) is 3.84. The average Bonchev–Trinajstić information content (AvgIpc) is 2.52. The zero-order valence-electron chi connectivity index (χ0n) is 14.9. The number of benzene rings is 1. The molecule has 23 heavy (non-hydrogen) atoms. The van der Waals surface area contributed by atoms with Gasteiger partial charge in [-0.1, -0.05) is 31.7 Å². The molecule has 1 fully saturated rings. The van der Waals surface area contributed by atoms with Crippen LogP contribution in [0.1, 0.15) is 43.7 Å². The molecule has 1 aliphatic heterocycles. The quantitative estimate of drug-likeness (QED) is 0.618. The number of anilines is 1. The van der Waals surface area contributed by atoms with Crippen molar-refractivity contribution in [2.75, 3.05) is 25.0 Å². The lowest BCUT2D eigenvalue weighted by atomic mass is 9.96. The van der Waals surface area contributed by atoms with E-state index >= 15 is 0 Å². The molecule has 1 heterocycles. The smallest absolute Gasteiger partial charge is 0.282 e. The first-order valence-corrected chi connectivity index (χ1v) is 8.88. The van der Waals surface area contributed by atoms with Crippen molar-refractivity contribution >= 4 is 11.6 Å². The summed E-state index contributed by atoms with van der Waals surface area (Å²) in [6, 6.07) is 6.19. The highest BCUT2D eigenvalue weighted by atomic mass is 16.2. The lowest BCUT2D eigenvalue weighted by molar-refractivity contribution is -0.942. The third-order valence-corrected chi connectivity index (χ3v) is 5.19. The van der Waals surface area contributed by atoms with Gasteiger partial charge in [-0.2, -0.15) is 0 Å². The number of para-hydroxylation sites is 1. The summed E-state index contributed by atoms with van der Waals surface area (Å²) in [6.45, 7) is 13.3. The summed E-state index contributed by atoms with van der Waals surface area (Å²) < 4.78 is 0.872. The molecule has 0 spiro atoms. The first-order valence-electron chi connectivity index (χ1n) is 8.88. The number of rotatable bonds is 6. The fourth-order valence-electron chi connectivity index (χ4n) is 4.07. The standard InChI is InChI=1S/C20H30N2O/c1-5-13-22(14-6-2)15-8-7-12-18(22)20(23)21-19-16(3)10-9-11-17(19)4/h5,9-11,18H,1,6-8,12-15H2,2-4H3/p+1/t18?,22-/m0/s1. The molecule has 1 aromatic carbocycles. The maximum atomic E-state index is 13.1. The van der Waals surface area contributed by atoms with Crippen molar-refractivity contribution in [3.63, 3.8) is 0 Å². The van der Waals surface area contributed by atoms with Gasteiger partial charge in [0.25, 0.3) is 5.91 Å². The molecule has 1 unspecified atom stereocenters. The summed E-state index contributed by atoms with van der Waals surface area (Å²) in [4.78, 5) is 13.1. The highest BCUT2D eigenvalue weighted by Crippen LogP contribution is 2.29. The molecule has 2 rings (SSSR count). The second-order valence-corrected chi connectivity index (χ2v) is 6.90. The SMILES string of the molecule is C=CC[N@+]1(CCC)CCCCC1C(=O)Nc1c(C)cccc1C. The van der Waals surface area contributed by atoms with Crippen molar-refractivity contribution in [2.45, 2.75) is 52.5 Å². The van der Waals surface area contributed by atoms with Gasteiger partial charge in [-0.3, -0.25) is 4.79 Å². The fourth-order valence-corrected chi connectivity index (χ4v) is 4.07. The van der Waals surface area contributed by atoms with Crippen LogP contribution in [0.4, 0.5) is 5.69 Å². The fraction of sp³-hybridized carbons (Fsp3) is 0.550. The second-order valence-electron chi connectivity index (χ2n) is 6.90. The van der Waals surface area contributed by atoms with Crippen LogP contribution in [0.2, 0.25) is 0 Å². The van der Waals surface area contributed by atoms with E-state index < -0.39 is 0 Å². The lowest BCUT2D eigenvalue weighted by Crippen LogP contribution is -2.62. The minimum Gasteiger partial charge on any atom is -0.320 e. The predicted octanol–water partition coefficient (Wildman–Crippen LogP) is 4.21. The highest BCUT2D eigenvalue weighted by Gasteiger charge is 2.42. The van der Waals surface area contributed by atoms with E-state index in [0.29, 0.717) is 0 Å². The number of nitrogens with one attached hydrogen (secondary N) is 1. The molecule has 1 aliphatic rings. The van der Waals surface area contributed by atoms with Gasteiger partial charge < -0.3 is 9.80 Å². The predicted molar refractivity (Wildman–Crippen MR) is 97.5 cm³/mol. The number of nitrogens with zero attached hydrogens (tertiary/aromatic N) is 1. The van der Waals surface area contributed by atoms with E-state index in [2.05, 4.69) is 44.8 Å². The van der Waals surface area contributed by atoms with E-state index in [4.69, 9.17) is 0 Å². The maximum Gasteiger partial charge on any atom is 0.282 e. The summed E-state index contributed by atoms with van der Waals surface area (Å²) in [5.41, 5.74) is 3.24. The molecular weight excluding hydrogens is 284 g/mol. The molecule has 1 aromatic rings. The number of piperidine rings is 1. The Morgan fingerprint density at radius 1 is 1.35 bits per heavy atom. The molecule has 0 saturated carbocycles. The third-order valence-electron chi connectivity index (χ3n) is 5.19. The summed E-state index contributed by atoms with van der Waals surface area (Å²) >= 11 is 0. The molecule has 126 valence electrons. The molecular formula is C20H31N2O+. The average molecular weight is 315 g/mol. The van der Waals surface area contributed by atoms with Crippen molar-refractivity contribution in [3.05, 3.63) is 42.0 Å². The van der Waals surface area contributed by atoms with Crippen molar-refractivity contribution in [2.24, 2.45) is 0 Å². The Bertz CT molecular complexity index is 543. The van der Waals surface area contributed by atoms with E-state index in [-0.39, 0.29) is 11.9 Å². The zero-order valence-corrected chi connectivity index (χ0v) is 14.9. The van der Waals surface area contributed by atoms with Crippen LogP contribution in [-0.2, 0) is 4.79 Å². The van der Waals surface area contributed by atoms with Gasteiger partial charge in [0.15, 0.2) is 6.04 Å². The molecule has 3 nitrogen and oxygen atoms in total. The largest absolute Gasteiger partial charge is 0.320 e. The molecule has 0 aliphatic carbocycles. The van der Waals surface area contributed by atoms with Gasteiger partial charge in [0, 0.05) is 12.1 Å². The van der Waals surface area contributed by atoms with Crippen molar-refractivity contribution in [1.82, 2.24) is 0 Å². The lowest BCUT2D eigenvalue weighted by Gasteiger charge is -2.46. The normalized spacial score (nSPS) is 24.2. The van der Waals surface area contributed by atoms with E-state index in [1.54, 1.807) is 0 Å². The minimum absolute atomic E-state index is 0.0423. The summed E-state index contributed by atoms with van der Waals surface area (Å²) in [7, 11) is 0.